The number of rotatable bonds is 6. The Kier molecular flexibility index (Phi) is 5.67. The summed E-state index contributed by atoms with van der Waals surface area (Å²) >= 11 is 6.02. The van der Waals surface area contributed by atoms with Gasteiger partial charge in [0.2, 0.25) is 0 Å². The van der Waals surface area contributed by atoms with E-state index in [-0.39, 0.29) is 12.3 Å². The Balaban J connectivity index is 2.27. The van der Waals surface area contributed by atoms with Gasteiger partial charge < -0.3 is 9.84 Å². The lowest BCUT2D eigenvalue weighted by Crippen LogP contribution is -2.30. The molecular formula is C19H21ClO3. The normalized spacial score (nSPS) is 12.2. The van der Waals surface area contributed by atoms with Crippen molar-refractivity contribution in [2.75, 3.05) is 0 Å². The fraction of sp³-hybridized carbons (Fsp3) is 0.316. The van der Waals surface area contributed by atoms with Gasteiger partial charge in [0.25, 0.3) is 0 Å². The predicted molar refractivity (Wildman–Crippen MR) is 92.5 cm³/mol. The van der Waals surface area contributed by atoms with E-state index in [9.17, 15) is 9.90 Å². The third kappa shape index (κ3) is 4.49. The van der Waals surface area contributed by atoms with E-state index in [2.05, 4.69) is 13.8 Å². The molecule has 2 rings (SSSR count). The van der Waals surface area contributed by atoms with Crippen LogP contribution in [-0.2, 0) is 11.2 Å². The summed E-state index contributed by atoms with van der Waals surface area (Å²) in [5.74, 6) is -0.105. The van der Waals surface area contributed by atoms with Crippen LogP contribution in [0.2, 0.25) is 5.02 Å². The Morgan fingerprint density at radius 2 is 1.91 bits per heavy atom. The van der Waals surface area contributed by atoms with Crippen molar-refractivity contribution in [1.29, 1.82) is 0 Å². The topological polar surface area (TPSA) is 46.5 Å². The Hall–Kier alpha value is -2.00. The zero-order valence-corrected chi connectivity index (χ0v) is 14.3. The van der Waals surface area contributed by atoms with Crippen molar-refractivity contribution in [3.05, 3.63) is 64.2 Å². The SMILES string of the molecule is Cc1ccc(Cl)cc1CC(Oc1ccccc1C(C)C)C(=O)O. The lowest BCUT2D eigenvalue weighted by atomic mass is 10.0. The minimum Gasteiger partial charge on any atom is -0.478 e. The average molecular weight is 333 g/mol. The van der Waals surface area contributed by atoms with Gasteiger partial charge in [0.1, 0.15) is 5.75 Å². The van der Waals surface area contributed by atoms with Crippen molar-refractivity contribution in [1.82, 2.24) is 0 Å². The van der Waals surface area contributed by atoms with E-state index in [4.69, 9.17) is 16.3 Å². The number of carboxylic acids is 1. The first kappa shape index (κ1) is 17.4. The fourth-order valence-corrected chi connectivity index (χ4v) is 2.65. The fourth-order valence-electron chi connectivity index (χ4n) is 2.46. The molecule has 122 valence electrons. The third-order valence-corrected chi connectivity index (χ3v) is 4.04. The summed E-state index contributed by atoms with van der Waals surface area (Å²) in [4.78, 5) is 11.6. The summed E-state index contributed by atoms with van der Waals surface area (Å²) in [5.41, 5.74) is 2.88. The van der Waals surface area contributed by atoms with Crippen LogP contribution < -0.4 is 4.74 Å². The van der Waals surface area contributed by atoms with Crippen LogP contribution >= 0.6 is 11.6 Å². The standard InChI is InChI=1S/C19H21ClO3/c1-12(2)16-6-4-5-7-17(16)23-18(19(21)22)11-14-10-15(20)9-8-13(14)3/h4-10,12,18H,11H2,1-3H3,(H,21,22). The van der Waals surface area contributed by atoms with Crippen molar-refractivity contribution >= 4 is 17.6 Å². The van der Waals surface area contributed by atoms with Crippen LogP contribution in [0.1, 0.15) is 36.5 Å². The number of aryl methyl sites for hydroxylation is 1. The van der Waals surface area contributed by atoms with Crippen molar-refractivity contribution in [2.24, 2.45) is 0 Å². The van der Waals surface area contributed by atoms with Crippen molar-refractivity contribution < 1.29 is 14.6 Å². The molecule has 4 heteroatoms. The zero-order chi connectivity index (χ0) is 17.0. The van der Waals surface area contributed by atoms with E-state index in [0.29, 0.717) is 10.8 Å². The van der Waals surface area contributed by atoms with Crippen LogP contribution in [0.5, 0.6) is 5.75 Å². The van der Waals surface area contributed by atoms with Crippen LogP contribution in [0.3, 0.4) is 0 Å². The summed E-state index contributed by atoms with van der Waals surface area (Å²) < 4.78 is 5.82. The molecular weight excluding hydrogens is 312 g/mol. The number of hydrogen-bond donors (Lipinski definition) is 1. The number of para-hydroxylation sites is 1. The maximum atomic E-state index is 11.6. The lowest BCUT2D eigenvalue weighted by Gasteiger charge is -2.20. The molecule has 0 aliphatic carbocycles. The Bertz CT molecular complexity index is 695. The molecule has 3 nitrogen and oxygen atoms in total. The van der Waals surface area contributed by atoms with E-state index >= 15 is 0 Å². The quantitative estimate of drug-likeness (QED) is 0.822. The van der Waals surface area contributed by atoms with Gasteiger partial charge in [0.15, 0.2) is 6.10 Å². The van der Waals surface area contributed by atoms with Gasteiger partial charge in [0, 0.05) is 11.4 Å². The first-order chi connectivity index (χ1) is 10.9. The van der Waals surface area contributed by atoms with Crippen LogP contribution in [0.15, 0.2) is 42.5 Å². The van der Waals surface area contributed by atoms with Gasteiger partial charge in [-0.05, 0) is 47.7 Å². The highest BCUT2D eigenvalue weighted by molar-refractivity contribution is 6.30. The molecule has 0 saturated carbocycles. The Morgan fingerprint density at radius 3 is 2.57 bits per heavy atom. The molecule has 0 saturated heterocycles. The molecule has 23 heavy (non-hydrogen) atoms. The first-order valence-corrected chi connectivity index (χ1v) is 7.99. The van der Waals surface area contributed by atoms with Gasteiger partial charge in [-0.2, -0.15) is 0 Å². The van der Waals surface area contributed by atoms with Crippen LogP contribution in [0, 0.1) is 6.92 Å². The molecule has 2 aromatic carbocycles. The molecule has 0 radical (unpaired) electrons. The van der Waals surface area contributed by atoms with Gasteiger partial charge in [-0.1, -0.05) is 49.7 Å². The lowest BCUT2D eigenvalue weighted by molar-refractivity contribution is -0.145. The molecule has 1 unspecified atom stereocenters. The Labute approximate surface area is 141 Å². The summed E-state index contributed by atoms with van der Waals surface area (Å²) in [5, 5.41) is 10.1. The molecule has 0 fully saturated rings. The molecule has 0 spiro atoms. The van der Waals surface area contributed by atoms with E-state index in [1.807, 2.05) is 37.3 Å². The molecule has 0 heterocycles. The van der Waals surface area contributed by atoms with Crippen LogP contribution in [-0.4, -0.2) is 17.2 Å². The number of halogens is 1. The second-order valence-electron chi connectivity index (χ2n) is 5.91. The second kappa shape index (κ2) is 7.51. The second-order valence-corrected chi connectivity index (χ2v) is 6.35. The van der Waals surface area contributed by atoms with E-state index in [1.165, 1.54) is 0 Å². The zero-order valence-electron chi connectivity index (χ0n) is 13.5. The number of carboxylic acid groups (broad SMARTS) is 1. The molecule has 0 aromatic heterocycles. The highest BCUT2D eigenvalue weighted by atomic mass is 35.5. The summed E-state index contributed by atoms with van der Waals surface area (Å²) in [6.07, 6.45) is -0.680. The molecule has 0 amide bonds. The monoisotopic (exact) mass is 332 g/mol. The smallest absolute Gasteiger partial charge is 0.345 e. The number of hydrogen-bond acceptors (Lipinski definition) is 2. The van der Waals surface area contributed by atoms with Gasteiger partial charge >= 0.3 is 5.97 Å². The van der Waals surface area contributed by atoms with E-state index in [1.54, 1.807) is 12.1 Å². The Morgan fingerprint density at radius 1 is 1.22 bits per heavy atom. The maximum Gasteiger partial charge on any atom is 0.345 e. The number of carbonyl (C=O) groups is 1. The molecule has 2 aromatic rings. The highest BCUT2D eigenvalue weighted by Crippen LogP contribution is 2.28. The number of ether oxygens (including phenoxy) is 1. The predicted octanol–water partition coefficient (Wildman–Crippen LogP) is 4.85. The summed E-state index contributed by atoms with van der Waals surface area (Å²) in [6, 6.07) is 13.0. The van der Waals surface area contributed by atoms with Crippen LogP contribution in [0.4, 0.5) is 0 Å². The van der Waals surface area contributed by atoms with Gasteiger partial charge in [-0.3, -0.25) is 0 Å². The first-order valence-electron chi connectivity index (χ1n) is 7.62. The minimum absolute atomic E-state index is 0.258. The molecule has 1 atom stereocenters. The van der Waals surface area contributed by atoms with Gasteiger partial charge in [-0.25, -0.2) is 4.79 Å². The van der Waals surface area contributed by atoms with Crippen molar-refractivity contribution in [3.8, 4) is 5.75 Å². The van der Waals surface area contributed by atoms with Gasteiger partial charge in [0.05, 0.1) is 0 Å². The van der Waals surface area contributed by atoms with Gasteiger partial charge in [-0.15, -0.1) is 0 Å². The van der Waals surface area contributed by atoms with Crippen LogP contribution in [0.25, 0.3) is 0 Å². The van der Waals surface area contributed by atoms with Crippen molar-refractivity contribution in [2.45, 2.75) is 39.2 Å². The maximum absolute atomic E-state index is 11.6. The largest absolute Gasteiger partial charge is 0.478 e. The number of benzene rings is 2. The number of aliphatic carboxylic acids is 1. The van der Waals surface area contributed by atoms with Crippen molar-refractivity contribution in [3.63, 3.8) is 0 Å². The summed E-state index contributed by atoms with van der Waals surface area (Å²) in [6.45, 7) is 6.05. The third-order valence-electron chi connectivity index (χ3n) is 3.80. The average Bonchev–Trinajstić information content (AvgIpc) is 2.50. The minimum atomic E-state index is -0.983. The molecule has 0 aliphatic rings. The molecule has 0 bridgehead atoms. The van der Waals surface area contributed by atoms with E-state index < -0.39 is 12.1 Å². The highest BCUT2D eigenvalue weighted by Gasteiger charge is 2.22. The molecule has 0 aliphatic heterocycles. The molecule has 1 N–H and O–H groups in total. The van der Waals surface area contributed by atoms with E-state index in [0.717, 1.165) is 16.7 Å². The summed E-state index contributed by atoms with van der Waals surface area (Å²) in [7, 11) is 0.